The van der Waals surface area contributed by atoms with Crippen molar-refractivity contribution >= 4 is 0 Å². The molecule has 0 aliphatic heterocycles. The summed E-state index contributed by atoms with van der Waals surface area (Å²) in [5, 5.41) is 3.65. The van der Waals surface area contributed by atoms with Crippen LogP contribution in [0, 0.1) is 0 Å². The van der Waals surface area contributed by atoms with Gasteiger partial charge in [-0.25, -0.2) is 0 Å². The number of nitrogens with one attached hydrogen (secondary N) is 1. The maximum absolute atomic E-state index is 3.65. The first-order valence-electron chi connectivity index (χ1n) is 8.33. The van der Waals surface area contributed by atoms with E-state index in [-0.39, 0.29) is 0 Å². The highest BCUT2D eigenvalue weighted by Crippen LogP contribution is 2.30. The molecule has 2 aromatic carbocycles. The quantitative estimate of drug-likeness (QED) is 0.868. The smallest absolute Gasteiger partial charge is 0.0214 e. The fraction of sp³-hybridized carbons (Fsp3) is 0.400. The van der Waals surface area contributed by atoms with Gasteiger partial charge >= 0.3 is 0 Å². The molecule has 2 aromatic rings. The minimum absolute atomic E-state index is 0.765. The average Bonchev–Trinajstić information content (AvgIpc) is 3.37. The summed E-state index contributed by atoms with van der Waals surface area (Å²) in [6.07, 6.45) is 7.92. The third kappa shape index (κ3) is 2.89. The fourth-order valence-corrected chi connectivity index (χ4v) is 3.40. The normalized spacial score (nSPS) is 17.5. The van der Waals surface area contributed by atoms with Crippen molar-refractivity contribution in [1.82, 2.24) is 5.32 Å². The van der Waals surface area contributed by atoms with E-state index in [1.165, 1.54) is 55.2 Å². The Morgan fingerprint density at radius 2 is 1.71 bits per heavy atom. The van der Waals surface area contributed by atoms with Crippen LogP contribution in [0.3, 0.4) is 0 Å². The first-order valence-corrected chi connectivity index (χ1v) is 8.33. The van der Waals surface area contributed by atoms with Crippen molar-refractivity contribution in [3.8, 4) is 11.1 Å². The van der Waals surface area contributed by atoms with Crippen LogP contribution in [0.1, 0.15) is 42.4 Å². The van der Waals surface area contributed by atoms with Gasteiger partial charge in [0, 0.05) is 12.6 Å². The van der Waals surface area contributed by atoms with Gasteiger partial charge in [0.2, 0.25) is 0 Å². The Balaban J connectivity index is 1.65. The van der Waals surface area contributed by atoms with E-state index < -0.39 is 0 Å². The Bertz CT molecular complexity index is 640. The van der Waals surface area contributed by atoms with E-state index >= 15 is 0 Å². The molecule has 1 heteroatoms. The molecule has 2 aliphatic carbocycles. The molecule has 0 aromatic heterocycles. The lowest BCUT2D eigenvalue weighted by molar-refractivity contribution is 0.685. The second-order valence-electron chi connectivity index (χ2n) is 6.50. The van der Waals surface area contributed by atoms with Crippen molar-refractivity contribution in [2.75, 3.05) is 0 Å². The van der Waals surface area contributed by atoms with Crippen molar-refractivity contribution in [2.45, 2.75) is 51.1 Å². The van der Waals surface area contributed by atoms with Gasteiger partial charge in [-0.3, -0.25) is 0 Å². The molecule has 4 rings (SSSR count). The van der Waals surface area contributed by atoms with Crippen LogP contribution in [-0.2, 0) is 19.4 Å². The zero-order chi connectivity index (χ0) is 14.1. The van der Waals surface area contributed by atoms with E-state index in [1.807, 2.05) is 0 Å². The maximum Gasteiger partial charge on any atom is 0.0214 e. The number of aryl methyl sites for hydroxylation is 2. The first kappa shape index (κ1) is 13.1. The third-order valence-corrected chi connectivity index (χ3v) is 4.84. The topological polar surface area (TPSA) is 12.0 Å². The van der Waals surface area contributed by atoms with Crippen molar-refractivity contribution < 1.29 is 0 Å². The number of benzene rings is 2. The molecule has 0 radical (unpaired) electrons. The molecule has 2 aliphatic rings. The Morgan fingerprint density at radius 3 is 2.57 bits per heavy atom. The predicted molar refractivity (Wildman–Crippen MR) is 88.4 cm³/mol. The summed E-state index contributed by atoms with van der Waals surface area (Å²) in [4.78, 5) is 0. The van der Waals surface area contributed by atoms with Crippen LogP contribution in [0.5, 0.6) is 0 Å². The minimum Gasteiger partial charge on any atom is -0.310 e. The summed E-state index contributed by atoms with van der Waals surface area (Å²) < 4.78 is 0. The molecule has 0 amide bonds. The van der Waals surface area contributed by atoms with Gasteiger partial charge in [0.25, 0.3) is 0 Å². The van der Waals surface area contributed by atoms with E-state index in [4.69, 9.17) is 0 Å². The van der Waals surface area contributed by atoms with Crippen LogP contribution in [-0.4, -0.2) is 6.04 Å². The minimum atomic E-state index is 0.765. The van der Waals surface area contributed by atoms with Crippen LogP contribution in [0.15, 0.2) is 42.5 Å². The molecule has 0 heterocycles. The maximum atomic E-state index is 3.65. The van der Waals surface area contributed by atoms with Crippen LogP contribution in [0.4, 0.5) is 0 Å². The lowest BCUT2D eigenvalue weighted by Crippen LogP contribution is -2.15. The van der Waals surface area contributed by atoms with Gasteiger partial charge in [0.15, 0.2) is 0 Å². The predicted octanol–water partition coefficient (Wildman–Crippen LogP) is 4.48. The van der Waals surface area contributed by atoms with E-state index in [0.717, 1.165) is 12.6 Å². The molecule has 0 spiro atoms. The molecule has 0 saturated heterocycles. The van der Waals surface area contributed by atoms with Crippen molar-refractivity contribution in [3.05, 3.63) is 59.2 Å². The van der Waals surface area contributed by atoms with E-state index in [2.05, 4.69) is 47.8 Å². The highest BCUT2D eigenvalue weighted by Gasteiger charge is 2.20. The molecule has 21 heavy (non-hydrogen) atoms. The molecule has 1 nitrogen and oxygen atoms in total. The number of hydrogen-bond donors (Lipinski definition) is 1. The molecule has 1 fully saturated rings. The van der Waals surface area contributed by atoms with Crippen molar-refractivity contribution in [3.63, 3.8) is 0 Å². The molecule has 108 valence electrons. The number of hydrogen-bond acceptors (Lipinski definition) is 1. The fourth-order valence-electron chi connectivity index (χ4n) is 3.40. The molecule has 1 N–H and O–H groups in total. The third-order valence-electron chi connectivity index (χ3n) is 4.84. The molecular formula is C20H23N. The zero-order valence-electron chi connectivity index (χ0n) is 12.6. The summed E-state index contributed by atoms with van der Waals surface area (Å²) in [6, 6.07) is 16.7. The van der Waals surface area contributed by atoms with Gasteiger partial charge in [-0.2, -0.15) is 0 Å². The molecule has 0 atom stereocenters. The largest absolute Gasteiger partial charge is 0.310 e. The lowest BCUT2D eigenvalue weighted by Gasteiger charge is -2.18. The molecular weight excluding hydrogens is 254 g/mol. The van der Waals surface area contributed by atoms with Gasteiger partial charge < -0.3 is 5.32 Å². The van der Waals surface area contributed by atoms with Crippen molar-refractivity contribution in [1.29, 1.82) is 0 Å². The average molecular weight is 277 g/mol. The van der Waals surface area contributed by atoms with Crippen LogP contribution in [0.2, 0.25) is 0 Å². The Morgan fingerprint density at radius 1 is 0.905 bits per heavy atom. The Labute approximate surface area is 127 Å². The molecule has 0 bridgehead atoms. The van der Waals surface area contributed by atoms with Crippen LogP contribution < -0.4 is 5.32 Å². The lowest BCUT2D eigenvalue weighted by atomic mass is 9.88. The van der Waals surface area contributed by atoms with Gasteiger partial charge in [-0.1, -0.05) is 42.5 Å². The summed E-state index contributed by atoms with van der Waals surface area (Å²) >= 11 is 0. The Hall–Kier alpha value is -1.60. The molecule has 1 saturated carbocycles. The molecule has 0 unspecified atom stereocenters. The van der Waals surface area contributed by atoms with Crippen molar-refractivity contribution in [2.24, 2.45) is 0 Å². The number of rotatable bonds is 4. The van der Waals surface area contributed by atoms with Gasteiger partial charge in [-0.15, -0.1) is 0 Å². The Kier molecular flexibility index (Phi) is 3.52. The van der Waals surface area contributed by atoms with Gasteiger partial charge in [-0.05, 0) is 66.3 Å². The van der Waals surface area contributed by atoms with E-state index in [1.54, 1.807) is 11.1 Å². The summed E-state index contributed by atoms with van der Waals surface area (Å²) in [5.74, 6) is 0. The van der Waals surface area contributed by atoms with Gasteiger partial charge in [0.05, 0.1) is 0 Å². The zero-order valence-corrected chi connectivity index (χ0v) is 12.6. The van der Waals surface area contributed by atoms with Crippen LogP contribution in [0.25, 0.3) is 11.1 Å². The second kappa shape index (κ2) is 5.65. The highest BCUT2D eigenvalue weighted by molar-refractivity contribution is 5.68. The summed E-state index contributed by atoms with van der Waals surface area (Å²) in [7, 11) is 0. The van der Waals surface area contributed by atoms with E-state index in [9.17, 15) is 0 Å². The SMILES string of the molecule is c1ccc(-c2ccc3c(c2)CCCC3)c(CNC2CC2)c1. The van der Waals surface area contributed by atoms with E-state index in [0.29, 0.717) is 0 Å². The van der Waals surface area contributed by atoms with Crippen LogP contribution >= 0.6 is 0 Å². The highest BCUT2D eigenvalue weighted by atomic mass is 14.9. The monoisotopic (exact) mass is 277 g/mol. The summed E-state index contributed by atoms with van der Waals surface area (Å²) in [5.41, 5.74) is 7.37. The number of fused-ring (bicyclic) bond motifs is 1. The second-order valence-corrected chi connectivity index (χ2v) is 6.50. The van der Waals surface area contributed by atoms with Gasteiger partial charge in [0.1, 0.15) is 0 Å². The summed E-state index contributed by atoms with van der Waals surface area (Å²) in [6.45, 7) is 0.998. The first-order chi connectivity index (χ1) is 10.4. The standard InChI is InChI=1S/C20H23N/c1-2-6-16-13-17(10-9-15(16)5-1)20-8-4-3-7-18(20)14-21-19-11-12-19/h3-4,7-10,13,19,21H,1-2,5-6,11-12,14H2.